The van der Waals surface area contributed by atoms with Gasteiger partial charge in [0.1, 0.15) is 5.60 Å². The normalized spacial score (nSPS) is 20.4. The van der Waals surface area contributed by atoms with Crippen molar-refractivity contribution in [3.63, 3.8) is 0 Å². The van der Waals surface area contributed by atoms with Gasteiger partial charge in [0, 0.05) is 31.9 Å². The topological polar surface area (TPSA) is 83.9 Å². The Bertz CT molecular complexity index is 1160. The second kappa shape index (κ2) is 10.8. The molecule has 1 fully saturated rings. The van der Waals surface area contributed by atoms with Gasteiger partial charge in [0.2, 0.25) is 5.91 Å². The number of nitrogens with zero attached hydrogens (tertiary/aromatic N) is 4. The van der Waals surface area contributed by atoms with Crippen LogP contribution in [0.4, 0.5) is 0 Å². The molecule has 200 valence electrons. The van der Waals surface area contributed by atoms with Crippen molar-refractivity contribution in [3.8, 4) is 11.5 Å². The molecule has 3 aliphatic rings. The molecule has 0 spiro atoms. The van der Waals surface area contributed by atoms with E-state index in [1.54, 1.807) is 14.2 Å². The van der Waals surface area contributed by atoms with E-state index in [0.717, 1.165) is 29.5 Å². The summed E-state index contributed by atoms with van der Waals surface area (Å²) in [5.74, 6) is 0.773. The average molecular weight is 529 g/mol. The maximum Gasteiger partial charge on any atom is 0.338 e. The van der Waals surface area contributed by atoms with Gasteiger partial charge in [-0.05, 0) is 57.8 Å². The number of carbonyl (C=O) groups is 2. The quantitative estimate of drug-likeness (QED) is 0.516. The highest BCUT2D eigenvalue weighted by Gasteiger charge is 2.42. The molecule has 10 heteroatoms. The summed E-state index contributed by atoms with van der Waals surface area (Å²) >= 11 is 1.46. The van der Waals surface area contributed by atoms with Gasteiger partial charge in [-0.15, -0.1) is 0 Å². The highest BCUT2D eigenvalue weighted by molar-refractivity contribution is 8.16. The van der Waals surface area contributed by atoms with Gasteiger partial charge in [0.25, 0.3) is 0 Å². The van der Waals surface area contributed by atoms with E-state index in [4.69, 9.17) is 19.2 Å². The molecule has 0 aliphatic carbocycles. The molecule has 0 unspecified atom stereocenters. The standard InChI is InChI=1S/C27H36N4O5S/c1-17-23(25(33)36-27(2,3)4)24(18-8-9-20(34-6)21(14-18)35-7)31-19(16-37-26(31)28-17)15-22(32)30-12-10-29(5)11-13-30/h8-9,14,16,24H,10-13,15H2,1-7H3/t24-/m0/s1. The molecule has 1 aromatic rings. The van der Waals surface area contributed by atoms with Gasteiger partial charge in [0.05, 0.1) is 38.0 Å². The zero-order valence-corrected chi connectivity index (χ0v) is 23.5. The molecule has 1 aromatic carbocycles. The van der Waals surface area contributed by atoms with Gasteiger partial charge in [-0.25, -0.2) is 9.79 Å². The molecular formula is C27H36N4O5S. The van der Waals surface area contributed by atoms with Gasteiger partial charge in [-0.1, -0.05) is 17.8 Å². The van der Waals surface area contributed by atoms with E-state index in [1.165, 1.54) is 11.8 Å². The minimum atomic E-state index is -0.674. The van der Waals surface area contributed by atoms with E-state index in [1.807, 2.05) is 61.1 Å². The molecule has 0 aromatic heterocycles. The maximum absolute atomic E-state index is 13.5. The lowest BCUT2D eigenvalue weighted by Gasteiger charge is -2.38. The number of allylic oxidation sites excluding steroid dienone is 1. The van der Waals surface area contributed by atoms with Crippen molar-refractivity contribution in [2.75, 3.05) is 47.4 Å². The summed E-state index contributed by atoms with van der Waals surface area (Å²) in [6, 6.07) is 5.07. The van der Waals surface area contributed by atoms with E-state index in [2.05, 4.69) is 11.9 Å². The number of aliphatic imine (C=N–C) groups is 1. The molecule has 1 amide bonds. The van der Waals surface area contributed by atoms with E-state index in [-0.39, 0.29) is 12.3 Å². The summed E-state index contributed by atoms with van der Waals surface area (Å²) in [5.41, 5.74) is 1.97. The first-order valence-corrected chi connectivity index (χ1v) is 13.3. The molecule has 0 N–H and O–H groups in total. The summed E-state index contributed by atoms with van der Waals surface area (Å²) in [7, 11) is 5.23. The van der Waals surface area contributed by atoms with Crippen molar-refractivity contribution in [1.29, 1.82) is 0 Å². The lowest BCUT2D eigenvalue weighted by atomic mass is 9.93. The van der Waals surface area contributed by atoms with Crippen LogP contribution in [-0.2, 0) is 14.3 Å². The van der Waals surface area contributed by atoms with Gasteiger partial charge in [-0.3, -0.25) is 4.79 Å². The fraction of sp³-hybridized carbons (Fsp3) is 0.519. The summed E-state index contributed by atoms with van der Waals surface area (Å²) in [6.45, 7) is 10.5. The van der Waals surface area contributed by atoms with E-state index in [0.29, 0.717) is 35.9 Å². The molecule has 9 nitrogen and oxygen atoms in total. The molecule has 1 atom stereocenters. The molecule has 37 heavy (non-hydrogen) atoms. The minimum Gasteiger partial charge on any atom is -0.493 e. The summed E-state index contributed by atoms with van der Waals surface area (Å²) in [6.07, 6.45) is 0.222. The first kappa shape index (κ1) is 27.1. The Kier molecular flexibility index (Phi) is 7.89. The van der Waals surface area contributed by atoms with Crippen LogP contribution in [0, 0.1) is 0 Å². The molecule has 0 bridgehead atoms. The maximum atomic E-state index is 13.5. The van der Waals surface area contributed by atoms with Crippen molar-refractivity contribution in [3.05, 3.63) is 46.1 Å². The molecule has 0 saturated carbocycles. The minimum absolute atomic E-state index is 0.0670. The number of rotatable bonds is 6. The van der Waals surface area contributed by atoms with Crippen LogP contribution in [-0.4, -0.2) is 84.8 Å². The number of amides is 1. The number of methoxy groups -OCH3 is 2. The Balaban J connectivity index is 1.73. The number of thioether (sulfide) groups is 1. The first-order valence-electron chi connectivity index (χ1n) is 12.4. The smallest absolute Gasteiger partial charge is 0.338 e. The number of likely N-dealkylation sites (N-methyl/N-ethyl adjacent to an activating group) is 1. The fourth-order valence-corrected chi connectivity index (χ4v) is 5.59. The van der Waals surface area contributed by atoms with Gasteiger partial charge in [-0.2, -0.15) is 0 Å². The van der Waals surface area contributed by atoms with Crippen molar-refractivity contribution in [2.24, 2.45) is 4.99 Å². The fourth-order valence-electron chi connectivity index (χ4n) is 4.62. The number of carbonyl (C=O) groups excluding carboxylic acids is 2. The molecule has 4 rings (SSSR count). The zero-order chi connectivity index (χ0) is 26.9. The third-order valence-corrected chi connectivity index (χ3v) is 7.42. The van der Waals surface area contributed by atoms with Gasteiger partial charge < -0.3 is 28.9 Å². The van der Waals surface area contributed by atoms with Crippen molar-refractivity contribution < 1.29 is 23.8 Å². The van der Waals surface area contributed by atoms with Crippen LogP contribution < -0.4 is 9.47 Å². The Morgan fingerprint density at radius 1 is 1.08 bits per heavy atom. The number of esters is 1. The Morgan fingerprint density at radius 3 is 2.38 bits per heavy atom. The highest BCUT2D eigenvalue weighted by Crippen LogP contribution is 2.46. The zero-order valence-electron chi connectivity index (χ0n) is 22.7. The van der Waals surface area contributed by atoms with E-state index in [9.17, 15) is 9.59 Å². The number of fused-ring (bicyclic) bond motifs is 1. The second-order valence-electron chi connectivity index (χ2n) is 10.4. The molecule has 1 saturated heterocycles. The van der Waals surface area contributed by atoms with Crippen LogP contribution in [0.5, 0.6) is 11.5 Å². The van der Waals surface area contributed by atoms with Crippen molar-refractivity contribution >= 4 is 28.8 Å². The van der Waals surface area contributed by atoms with Crippen LogP contribution in [0.1, 0.15) is 45.7 Å². The highest BCUT2D eigenvalue weighted by atomic mass is 32.2. The number of amidine groups is 1. The first-order chi connectivity index (χ1) is 17.5. The number of piperazine rings is 1. The number of hydrogen-bond donors (Lipinski definition) is 0. The lowest BCUT2D eigenvalue weighted by Crippen LogP contribution is -2.47. The number of hydrogen-bond acceptors (Lipinski definition) is 9. The Morgan fingerprint density at radius 2 is 1.76 bits per heavy atom. The summed E-state index contributed by atoms with van der Waals surface area (Å²) < 4.78 is 16.8. The number of ether oxygens (including phenoxy) is 3. The Labute approximate surface area is 223 Å². The third kappa shape index (κ3) is 5.80. The molecular weight excluding hydrogens is 492 g/mol. The third-order valence-electron chi connectivity index (χ3n) is 6.53. The SMILES string of the molecule is COc1ccc([C@H]2C(C(=O)OC(C)(C)C)=C(C)N=C3SC=C(CC(=O)N4CCN(C)CC4)N32)cc1OC. The van der Waals surface area contributed by atoms with E-state index < -0.39 is 17.6 Å². The van der Waals surface area contributed by atoms with E-state index >= 15 is 0 Å². The second-order valence-corrected chi connectivity index (χ2v) is 11.2. The summed E-state index contributed by atoms with van der Waals surface area (Å²) in [4.78, 5) is 37.7. The molecule has 3 heterocycles. The predicted molar refractivity (Wildman–Crippen MR) is 144 cm³/mol. The van der Waals surface area contributed by atoms with Crippen LogP contribution in [0.25, 0.3) is 0 Å². The van der Waals surface area contributed by atoms with Crippen molar-refractivity contribution in [2.45, 2.75) is 45.8 Å². The van der Waals surface area contributed by atoms with Crippen LogP contribution >= 0.6 is 11.8 Å². The molecule has 3 aliphatic heterocycles. The van der Waals surface area contributed by atoms with Gasteiger partial charge in [0.15, 0.2) is 16.7 Å². The number of benzene rings is 1. The molecule has 0 radical (unpaired) electrons. The van der Waals surface area contributed by atoms with Crippen LogP contribution in [0.15, 0.2) is 45.6 Å². The van der Waals surface area contributed by atoms with Crippen LogP contribution in [0.3, 0.4) is 0 Å². The monoisotopic (exact) mass is 528 g/mol. The summed E-state index contributed by atoms with van der Waals surface area (Å²) in [5, 5.41) is 2.69. The average Bonchev–Trinajstić information content (AvgIpc) is 3.23. The van der Waals surface area contributed by atoms with Crippen LogP contribution in [0.2, 0.25) is 0 Å². The largest absolute Gasteiger partial charge is 0.493 e. The van der Waals surface area contributed by atoms with Gasteiger partial charge >= 0.3 is 5.97 Å². The lowest BCUT2D eigenvalue weighted by molar-refractivity contribution is -0.150. The van der Waals surface area contributed by atoms with Crippen molar-refractivity contribution in [1.82, 2.24) is 14.7 Å². The predicted octanol–water partition coefficient (Wildman–Crippen LogP) is 3.78. The Hall–Kier alpha value is -2.98.